The Morgan fingerprint density at radius 3 is 2.52 bits per heavy atom. The van der Waals surface area contributed by atoms with Crippen molar-refractivity contribution in [1.82, 2.24) is 15.1 Å². The molecule has 1 aliphatic heterocycles. The van der Waals surface area contributed by atoms with Crippen LogP contribution in [0.2, 0.25) is 0 Å². The summed E-state index contributed by atoms with van der Waals surface area (Å²) in [5.41, 5.74) is 3.55. The second kappa shape index (κ2) is 7.35. The van der Waals surface area contributed by atoms with Crippen LogP contribution in [0, 0.1) is 12.8 Å². The van der Waals surface area contributed by atoms with Gasteiger partial charge in [0.25, 0.3) is 5.91 Å². The maximum Gasteiger partial charge on any atom is 0.253 e. The first-order chi connectivity index (χ1) is 13.1. The summed E-state index contributed by atoms with van der Waals surface area (Å²) < 4.78 is 5.82. The largest absolute Gasteiger partial charge is 0.416 e. The fourth-order valence-corrected chi connectivity index (χ4v) is 3.55. The highest BCUT2D eigenvalue weighted by atomic mass is 16.4. The van der Waals surface area contributed by atoms with E-state index in [1.54, 1.807) is 0 Å². The van der Waals surface area contributed by atoms with Gasteiger partial charge in [-0.2, -0.15) is 0 Å². The zero-order valence-corrected chi connectivity index (χ0v) is 15.7. The first kappa shape index (κ1) is 17.5. The Bertz CT molecular complexity index is 946. The molecular weight excluding hydrogens is 338 g/mol. The molecule has 0 N–H and O–H groups in total. The number of aryl methyl sites for hydroxylation is 1. The fourth-order valence-electron chi connectivity index (χ4n) is 3.55. The van der Waals surface area contributed by atoms with Gasteiger partial charge in [0.05, 0.1) is 0 Å². The van der Waals surface area contributed by atoms with Gasteiger partial charge in [-0.25, -0.2) is 0 Å². The molecule has 1 fully saturated rings. The predicted molar refractivity (Wildman–Crippen MR) is 104 cm³/mol. The quantitative estimate of drug-likeness (QED) is 0.685. The van der Waals surface area contributed by atoms with Crippen LogP contribution in [-0.2, 0) is 0 Å². The molecule has 3 aromatic rings. The van der Waals surface area contributed by atoms with Crippen molar-refractivity contribution < 1.29 is 9.21 Å². The Labute approximate surface area is 159 Å². The van der Waals surface area contributed by atoms with Crippen molar-refractivity contribution in [3.05, 3.63) is 59.7 Å². The van der Waals surface area contributed by atoms with E-state index < -0.39 is 0 Å². The maximum absolute atomic E-state index is 12.7. The lowest BCUT2D eigenvalue weighted by Crippen LogP contribution is -2.39. The second-order valence-electron chi connectivity index (χ2n) is 7.36. The van der Waals surface area contributed by atoms with E-state index in [1.165, 1.54) is 6.42 Å². The van der Waals surface area contributed by atoms with Crippen molar-refractivity contribution in [2.24, 2.45) is 5.92 Å². The van der Waals surface area contributed by atoms with Gasteiger partial charge < -0.3 is 9.32 Å². The van der Waals surface area contributed by atoms with Crippen molar-refractivity contribution >= 4 is 5.91 Å². The number of carbonyl (C=O) groups excluding carboxylic acids is 1. The average Bonchev–Trinajstić information content (AvgIpc) is 3.18. The molecule has 0 radical (unpaired) electrons. The number of hydrogen-bond acceptors (Lipinski definition) is 4. The number of amides is 1. The number of rotatable bonds is 3. The fraction of sp³-hybridized carbons (Fsp3) is 0.318. The molecule has 2 heterocycles. The summed E-state index contributed by atoms with van der Waals surface area (Å²) in [6.45, 7) is 5.90. The zero-order chi connectivity index (χ0) is 18.8. The lowest BCUT2D eigenvalue weighted by molar-refractivity contribution is 0.0683. The van der Waals surface area contributed by atoms with Crippen molar-refractivity contribution in [2.75, 3.05) is 13.1 Å². The van der Waals surface area contributed by atoms with Gasteiger partial charge >= 0.3 is 0 Å². The van der Waals surface area contributed by atoms with Gasteiger partial charge in [-0.05, 0) is 62.1 Å². The summed E-state index contributed by atoms with van der Waals surface area (Å²) in [5, 5.41) is 8.31. The highest BCUT2D eigenvalue weighted by Gasteiger charge is 2.22. The van der Waals surface area contributed by atoms with Gasteiger partial charge in [-0.1, -0.05) is 24.6 Å². The summed E-state index contributed by atoms with van der Waals surface area (Å²) >= 11 is 0. The highest BCUT2D eigenvalue weighted by Crippen LogP contribution is 2.25. The van der Waals surface area contributed by atoms with E-state index in [-0.39, 0.29) is 5.91 Å². The minimum Gasteiger partial charge on any atom is -0.416 e. The van der Waals surface area contributed by atoms with Crippen LogP contribution in [0.15, 0.2) is 52.9 Å². The monoisotopic (exact) mass is 361 g/mol. The van der Waals surface area contributed by atoms with Gasteiger partial charge in [0.15, 0.2) is 0 Å². The minimum absolute atomic E-state index is 0.0964. The van der Waals surface area contributed by atoms with Crippen LogP contribution in [0.5, 0.6) is 0 Å². The third-order valence-electron chi connectivity index (χ3n) is 5.01. The molecule has 1 atom stereocenters. The molecule has 1 saturated heterocycles. The number of benzene rings is 2. The Kier molecular flexibility index (Phi) is 4.75. The van der Waals surface area contributed by atoms with E-state index >= 15 is 0 Å². The number of aromatic nitrogens is 2. The molecule has 27 heavy (non-hydrogen) atoms. The van der Waals surface area contributed by atoms with Gasteiger partial charge in [0.1, 0.15) is 0 Å². The molecule has 1 unspecified atom stereocenters. The molecule has 1 aliphatic rings. The Balaban J connectivity index is 1.52. The number of likely N-dealkylation sites (tertiary alicyclic amines) is 1. The van der Waals surface area contributed by atoms with Crippen molar-refractivity contribution in [2.45, 2.75) is 26.7 Å². The molecular formula is C22H23N3O2. The topological polar surface area (TPSA) is 59.2 Å². The van der Waals surface area contributed by atoms with E-state index in [0.29, 0.717) is 23.3 Å². The van der Waals surface area contributed by atoms with E-state index in [0.717, 1.165) is 36.2 Å². The van der Waals surface area contributed by atoms with Crippen LogP contribution in [0.25, 0.3) is 22.9 Å². The third kappa shape index (κ3) is 3.77. The molecule has 1 aromatic heterocycles. The van der Waals surface area contributed by atoms with Crippen molar-refractivity contribution in [3.63, 3.8) is 0 Å². The van der Waals surface area contributed by atoms with E-state index in [2.05, 4.69) is 17.1 Å². The van der Waals surface area contributed by atoms with Crippen LogP contribution >= 0.6 is 0 Å². The van der Waals surface area contributed by atoms with Crippen LogP contribution in [-0.4, -0.2) is 34.1 Å². The van der Waals surface area contributed by atoms with E-state index in [9.17, 15) is 4.79 Å². The minimum atomic E-state index is 0.0964. The predicted octanol–water partition coefficient (Wildman–Crippen LogP) is 4.58. The molecule has 0 bridgehead atoms. The molecule has 138 valence electrons. The SMILES string of the molecule is Cc1cccc(-c2nnc(-c3ccc(C(=O)N4CCCC(C)C4)cc3)o2)c1. The second-order valence-corrected chi connectivity index (χ2v) is 7.36. The summed E-state index contributed by atoms with van der Waals surface area (Å²) in [6.07, 6.45) is 2.28. The van der Waals surface area contributed by atoms with Gasteiger partial charge in [0, 0.05) is 29.8 Å². The molecule has 4 rings (SSSR count). The smallest absolute Gasteiger partial charge is 0.253 e. The van der Waals surface area contributed by atoms with Crippen molar-refractivity contribution in [3.8, 4) is 22.9 Å². The van der Waals surface area contributed by atoms with Crippen LogP contribution in [0.3, 0.4) is 0 Å². The number of hydrogen-bond donors (Lipinski definition) is 0. The average molecular weight is 361 g/mol. The Hall–Kier alpha value is -2.95. The van der Waals surface area contributed by atoms with E-state index in [4.69, 9.17) is 4.42 Å². The summed E-state index contributed by atoms with van der Waals surface area (Å²) in [4.78, 5) is 14.6. The molecule has 2 aromatic carbocycles. The Morgan fingerprint density at radius 1 is 1.07 bits per heavy atom. The lowest BCUT2D eigenvalue weighted by atomic mass is 9.99. The summed E-state index contributed by atoms with van der Waals surface area (Å²) in [7, 11) is 0. The number of piperidine rings is 1. The van der Waals surface area contributed by atoms with Crippen LogP contribution < -0.4 is 0 Å². The zero-order valence-electron chi connectivity index (χ0n) is 15.7. The molecule has 0 spiro atoms. The molecule has 1 amide bonds. The van der Waals surface area contributed by atoms with E-state index in [1.807, 2.05) is 60.4 Å². The van der Waals surface area contributed by atoms with Gasteiger partial charge in [0.2, 0.25) is 11.8 Å². The first-order valence-electron chi connectivity index (χ1n) is 9.40. The summed E-state index contributed by atoms with van der Waals surface area (Å²) in [6, 6.07) is 15.4. The van der Waals surface area contributed by atoms with Crippen LogP contribution in [0.4, 0.5) is 0 Å². The number of nitrogens with zero attached hydrogens (tertiary/aromatic N) is 3. The van der Waals surface area contributed by atoms with Gasteiger partial charge in [-0.3, -0.25) is 4.79 Å². The maximum atomic E-state index is 12.7. The van der Waals surface area contributed by atoms with Crippen LogP contribution in [0.1, 0.15) is 35.7 Å². The molecule has 5 nitrogen and oxygen atoms in total. The molecule has 0 aliphatic carbocycles. The summed E-state index contributed by atoms with van der Waals surface area (Å²) in [5.74, 6) is 1.62. The lowest BCUT2D eigenvalue weighted by Gasteiger charge is -2.31. The highest BCUT2D eigenvalue weighted by molar-refractivity contribution is 5.94. The molecule has 0 saturated carbocycles. The first-order valence-corrected chi connectivity index (χ1v) is 9.40. The third-order valence-corrected chi connectivity index (χ3v) is 5.01. The standard InChI is InChI=1S/C22H23N3O2/c1-15-5-3-7-19(13-15)21-24-23-20(27-21)17-8-10-18(11-9-17)22(26)25-12-4-6-16(2)14-25/h3,5,7-11,13,16H,4,6,12,14H2,1-2H3. The van der Waals surface area contributed by atoms with Gasteiger partial charge in [-0.15, -0.1) is 10.2 Å². The normalized spacial score (nSPS) is 17.1. The van der Waals surface area contributed by atoms with Crippen molar-refractivity contribution in [1.29, 1.82) is 0 Å². The number of carbonyl (C=O) groups is 1. The molecule has 5 heteroatoms. The Morgan fingerprint density at radius 2 is 1.81 bits per heavy atom.